The molecule has 0 spiro atoms. The summed E-state index contributed by atoms with van der Waals surface area (Å²) in [5.41, 5.74) is 3.71. The number of ketones is 1. The fourth-order valence-electron chi connectivity index (χ4n) is 4.08. The van der Waals surface area contributed by atoms with Crippen molar-refractivity contribution in [2.75, 3.05) is 13.4 Å². The van der Waals surface area contributed by atoms with Crippen LogP contribution < -0.4 is 9.47 Å². The molecule has 1 fully saturated rings. The van der Waals surface area contributed by atoms with Gasteiger partial charge in [-0.1, -0.05) is 19.1 Å². The number of ether oxygens (including phenoxy) is 2. The molecule has 0 radical (unpaired) electrons. The fraction of sp³-hybridized carbons (Fsp3) is 0.348. The van der Waals surface area contributed by atoms with Crippen LogP contribution in [-0.2, 0) is 16.6 Å². The molecule has 1 saturated carbocycles. The average Bonchev–Trinajstić information content (AvgIpc) is 3.20. The quantitative estimate of drug-likeness (QED) is 0.685. The Labute approximate surface area is 163 Å². The Hall–Kier alpha value is -2.79. The van der Waals surface area contributed by atoms with E-state index < -0.39 is 0 Å². The summed E-state index contributed by atoms with van der Waals surface area (Å²) in [6.45, 7) is 2.33. The van der Waals surface area contributed by atoms with Gasteiger partial charge < -0.3 is 19.6 Å². The highest BCUT2D eigenvalue weighted by molar-refractivity contribution is 5.95. The third-order valence-electron chi connectivity index (χ3n) is 6.08. The van der Waals surface area contributed by atoms with Crippen LogP contribution in [0.3, 0.4) is 0 Å². The number of hydrogen-bond donors (Lipinski definition) is 2. The number of hydrogen-bond acceptors (Lipinski definition) is 4. The van der Waals surface area contributed by atoms with E-state index in [1.807, 2.05) is 37.3 Å². The van der Waals surface area contributed by atoms with E-state index >= 15 is 0 Å². The van der Waals surface area contributed by atoms with Gasteiger partial charge >= 0.3 is 0 Å². The molecule has 3 aromatic rings. The van der Waals surface area contributed by atoms with Gasteiger partial charge in [-0.05, 0) is 59.7 Å². The van der Waals surface area contributed by atoms with Gasteiger partial charge in [-0.15, -0.1) is 0 Å². The molecule has 28 heavy (non-hydrogen) atoms. The molecule has 5 nitrogen and oxygen atoms in total. The fourth-order valence-corrected chi connectivity index (χ4v) is 4.08. The van der Waals surface area contributed by atoms with Crippen molar-refractivity contribution in [1.82, 2.24) is 4.98 Å². The normalized spacial score (nSPS) is 17.6. The summed E-state index contributed by atoms with van der Waals surface area (Å²) in [7, 11) is 0. The number of aromatic amines is 1. The summed E-state index contributed by atoms with van der Waals surface area (Å²) in [5.74, 6) is 1.80. The Morgan fingerprint density at radius 3 is 2.75 bits per heavy atom. The molecule has 2 heterocycles. The van der Waals surface area contributed by atoms with Crippen LogP contribution in [-0.4, -0.2) is 29.3 Å². The van der Waals surface area contributed by atoms with Gasteiger partial charge in [0.25, 0.3) is 0 Å². The van der Waals surface area contributed by atoms with E-state index in [-0.39, 0.29) is 30.5 Å². The lowest BCUT2D eigenvalue weighted by atomic mass is 9.87. The summed E-state index contributed by atoms with van der Waals surface area (Å²) in [6.07, 6.45) is 2.19. The molecule has 5 rings (SSSR count). The number of benzene rings is 2. The Kier molecular flexibility index (Phi) is 3.95. The average molecular weight is 377 g/mol. The highest BCUT2D eigenvalue weighted by Gasteiger charge is 2.50. The first kappa shape index (κ1) is 17.3. The number of carbonyl (C=O) groups is 1. The molecule has 1 unspecified atom stereocenters. The number of aliphatic hydroxyl groups is 1. The smallest absolute Gasteiger partial charge is 0.231 e. The maximum absolute atomic E-state index is 13.2. The molecular weight excluding hydrogens is 354 g/mol. The number of nitrogens with one attached hydrogen (secondary N) is 1. The number of aliphatic hydroxyl groups excluding tert-OH is 1. The van der Waals surface area contributed by atoms with Gasteiger partial charge in [0.2, 0.25) is 6.79 Å². The number of H-pyrrole nitrogens is 1. The number of Topliss-reactive ketones (excluding diaryl/α,β-unsaturated/α-hetero) is 1. The van der Waals surface area contributed by atoms with Gasteiger partial charge in [0.1, 0.15) is 5.78 Å². The first-order valence-corrected chi connectivity index (χ1v) is 9.75. The Morgan fingerprint density at radius 2 is 1.96 bits per heavy atom. The predicted octanol–water partition coefficient (Wildman–Crippen LogP) is 3.84. The lowest BCUT2D eigenvalue weighted by Crippen LogP contribution is -2.22. The molecule has 1 atom stereocenters. The maximum Gasteiger partial charge on any atom is 0.231 e. The van der Waals surface area contributed by atoms with Crippen LogP contribution in [0.4, 0.5) is 0 Å². The molecule has 0 saturated heterocycles. The van der Waals surface area contributed by atoms with Gasteiger partial charge in [-0.25, -0.2) is 0 Å². The van der Waals surface area contributed by atoms with Gasteiger partial charge in [0, 0.05) is 23.5 Å². The number of rotatable bonds is 6. The highest BCUT2D eigenvalue weighted by atomic mass is 16.7. The van der Waals surface area contributed by atoms with Crippen molar-refractivity contribution >= 4 is 16.7 Å². The van der Waals surface area contributed by atoms with Crippen LogP contribution in [0, 0.1) is 0 Å². The van der Waals surface area contributed by atoms with E-state index in [1.165, 1.54) is 0 Å². The minimum Gasteiger partial charge on any atom is -0.454 e. The standard InChI is InChI=1S/C23H23NO4/c1-14(12-25)19-10-16-8-15(2-4-18(16)24-19)9-22(26)23(6-7-23)17-3-5-20-21(11-17)28-13-27-20/h2-5,8,10-11,14,24-25H,6-7,9,12-13H2,1H3. The van der Waals surface area contributed by atoms with Crippen LogP contribution in [0.1, 0.15) is 42.5 Å². The summed E-state index contributed by atoms with van der Waals surface area (Å²) in [6, 6.07) is 14.0. The van der Waals surface area contributed by atoms with E-state index in [4.69, 9.17) is 9.47 Å². The Balaban J connectivity index is 1.39. The Morgan fingerprint density at radius 1 is 1.14 bits per heavy atom. The maximum atomic E-state index is 13.2. The van der Waals surface area contributed by atoms with Crippen LogP contribution in [0.15, 0.2) is 42.5 Å². The van der Waals surface area contributed by atoms with Crippen molar-refractivity contribution in [1.29, 1.82) is 0 Å². The topological polar surface area (TPSA) is 71.6 Å². The molecule has 1 aromatic heterocycles. The second-order valence-corrected chi connectivity index (χ2v) is 7.98. The Bertz CT molecular complexity index is 1060. The first-order chi connectivity index (χ1) is 13.6. The number of fused-ring (bicyclic) bond motifs is 2. The number of aromatic nitrogens is 1. The van der Waals surface area contributed by atoms with E-state index in [9.17, 15) is 9.90 Å². The zero-order valence-corrected chi connectivity index (χ0v) is 15.8. The summed E-state index contributed by atoms with van der Waals surface area (Å²) >= 11 is 0. The van der Waals surface area contributed by atoms with Crippen molar-refractivity contribution in [2.24, 2.45) is 0 Å². The molecule has 5 heteroatoms. The molecule has 0 bridgehead atoms. The molecule has 2 aliphatic rings. The lowest BCUT2D eigenvalue weighted by Gasteiger charge is -2.15. The van der Waals surface area contributed by atoms with Crippen molar-refractivity contribution in [3.8, 4) is 11.5 Å². The van der Waals surface area contributed by atoms with Gasteiger partial charge in [0.15, 0.2) is 11.5 Å². The number of carbonyl (C=O) groups excluding carboxylic acids is 1. The molecule has 2 aromatic carbocycles. The van der Waals surface area contributed by atoms with Crippen LogP contribution >= 0.6 is 0 Å². The monoisotopic (exact) mass is 377 g/mol. The minimum atomic E-state index is -0.384. The van der Waals surface area contributed by atoms with Gasteiger partial charge in [0.05, 0.1) is 12.0 Å². The van der Waals surface area contributed by atoms with Crippen LogP contribution in [0.25, 0.3) is 10.9 Å². The second kappa shape index (κ2) is 6.38. The van der Waals surface area contributed by atoms with E-state index in [0.29, 0.717) is 6.42 Å². The SMILES string of the molecule is CC(CO)c1cc2cc(CC(=O)C3(c4ccc5c(c4)OCO5)CC3)ccc2[nH]1. The summed E-state index contributed by atoms with van der Waals surface area (Å²) in [4.78, 5) is 16.5. The summed E-state index contributed by atoms with van der Waals surface area (Å²) < 4.78 is 10.9. The first-order valence-electron chi connectivity index (χ1n) is 9.75. The molecule has 0 amide bonds. The summed E-state index contributed by atoms with van der Waals surface area (Å²) in [5, 5.41) is 10.4. The van der Waals surface area contributed by atoms with Crippen molar-refractivity contribution in [3.05, 3.63) is 59.3 Å². The largest absolute Gasteiger partial charge is 0.454 e. The van der Waals surface area contributed by atoms with Gasteiger partial charge in [-0.2, -0.15) is 0 Å². The van der Waals surface area contributed by atoms with Crippen molar-refractivity contribution in [3.63, 3.8) is 0 Å². The van der Waals surface area contributed by atoms with Gasteiger partial charge in [-0.3, -0.25) is 4.79 Å². The second-order valence-electron chi connectivity index (χ2n) is 7.98. The van der Waals surface area contributed by atoms with Crippen LogP contribution in [0.5, 0.6) is 11.5 Å². The molecule has 1 aliphatic carbocycles. The van der Waals surface area contributed by atoms with E-state index in [2.05, 4.69) is 17.1 Å². The molecule has 2 N–H and O–H groups in total. The molecular formula is C23H23NO4. The van der Waals surface area contributed by atoms with E-state index in [0.717, 1.165) is 52.1 Å². The molecule has 144 valence electrons. The lowest BCUT2D eigenvalue weighted by molar-refractivity contribution is -0.120. The van der Waals surface area contributed by atoms with Crippen molar-refractivity contribution in [2.45, 2.75) is 37.5 Å². The van der Waals surface area contributed by atoms with E-state index in [1.54, 1.807) is 0 Å². The highest BCUT2D eigenvalue weighted by Crippen LogP contribution is 2.51. The minimum absolute atomic E-state index is 0.0678. The zero-order chi connectivity index (χ0) is 19.3. The third kappa shape index (κ3) is 2.78. The predicted molar refractivity (Wildman–Crippen MR) is 106 cm³/mol. The molecule has 1 aliphatic heterocycles. The van der Waals surface area contributed by atoms with Crippen molar-refractivity contribution < 1.29 is 19.4 Å². The third-order valence-corrected chi connectivity index (χ3v) is 6.08. The zero-order valence-electron chi connectivity index (χ0n) is 15.8. The van der Waals surface area contributed by atoms with Crippen LogP contribution in [0.2, 0.25) is 0 Å².